The molecule has 22 heavy (non-hydrogen) atoms. The van der Waals surface area contributed by atoms with E-state index in [9.17, 15) is 23.1 Å². The van der Waals surface area contributed by atoms with Crippen molar-refractivity contribution in [2.75, 3.05) is 20.2 Å². The minimum absolute atomic E-state index is 0.141. The minimum atomic E-state index is -4.60. The molecule has 1 unspecified atom stereocenters. The summed E-state index contributed by atoms with van der Waals surface area (Å²) in [7, 11) is 1.52. The first-order chi connectivity index (χ1) is 10.3. The lowest BCUT2D eigenvalue weighted by molar-refractivity contribution is -0.222. The summed E-state index contributed by atoms with van der Waals surface area (Å²) in [4.78, 5) is 13.8. The van der Waals surface area contributed by atoms with E-state index in [1.165, 1.54) is 12.0 Å². The zero-order valence-electron chi connectivity index (χ0n) is 12.1. The molecular formula is C15H18F3NO3. The summed E-state index contributed by atoms with van der Waals surface area (Å²) in [6.07, 6.45) is -6.64. The van der Waals surface area contributed by atoms with Crippen LogP contribution in [-0.2, 0) is 0 Å². The average molecular weight is 317 g/mol. The summed E-state index contributed by atoms with van der Waals surface area (Å²) in [6, 6.07) is 6.57. The fraction of sp³-hybridized carbons (Fsp3) is 0.533. The Kier molecular flexibility index (Phi) is 4.95. The van der Waals surface area contributed by atoms with Crippen molar-refractivity contribution >= 4 is 5.91 Å². The van der Waals surface area contributed by atoms with Crippen molar-refractivity contribution in [2.45, 2.75) is 25.1 Å². The number of alkyl halides is 3. The highest BCUT2D eigenvalue weighted by atomic mass is 19.4. The van der Waals surface area contributed by atoms with E-state index in [0.717, 1.165) is 0 Å². The third kappa shape index (κ3) is 3.71. The first kappa shape index (κ1) is 16.6. The smallest absolute Gasteiger partial charge is 0.414 e. The molecule has 122 valence electrons. The van der Waals surface area contributed by atoms with Crippen LogP contribution in [0.15, 0.2) is 24.3 Å². The van der Waals surface area contributed by atoms with E-state index in [0.29, 0.717) is 11.3 Å². The van der Waals surface area contributed by atoms with Gasteiger partial charge in [-0.25, -0.2) is 0 Å². The second-order valence-corrected chi connectivity index (χ2v) is 5.34. The van der Waals surface area contributed by atoms with Crippen LogP contribution >= 0.6 is 0 Å². The number of ether oxygens (including phenoxy) is 1. The maximum absolute atomic E-state index is 12.5. The summed E-state index contributed by atoms with van der Waals surface area (Å²) in [5.41, 5.74) is 0.468. The van der Waals surface area contributed by atoms with Gasteiger partial charge in [-0.15, -0.1) is 0 Å². The van der Waals surface area contributed by atoms with Crippen molar-refractivity contribution in [3.8, 4) is 5.75 Å². The van der Waals surface area contributed by atoms with Crippen molar-refractivity contribution in [3.63, 3.8) is 0 Å². The van der Waals surface area contributed by atoms with Gasteiger partial charge < -0.3 is 14.7 Å². The Morgan fingerprint density at radius 3 is 2.27 bits per heavy atom. The molecule has 1 aliphatic rings. The topological polar surface area (TPSA) is 49.8 Å². The van der Waals surface area contributed by atoms with Crippen molar-refractivity contribution in [1.29, 1.82) is 0 Å². The molecule has 0 aliphatic carbocycles. The molecule has 1 amide bonds. The number of amides is 1. The molecule has 1 heterocycles. The molecule has 0 spiro atoms. The molecule has 1 aromatic carbocycles. The predicted molar refractivity (Wildman–Crippen MR) is 73.7 cm³/mol. The van der Waals surface area contributed by atoms with Crippen molar-refractivity contribution in [3.05, 3.63) is 29.8 Å². The van der Waals surface area contributed by atoms with Crippen LogP contribution in [0.4, 0.5) is 13.2 Å². The molecule has 1 atom stereocenters. The Morgan fingerprint density at radius 1 is 1.27 bits per heavy atom. The van der Waals surface area contributed by atoms with Gasteiger partial charge in [0.05, 0.1) is 7.11 Å². The number of methoxy groups -OCH3 is 1. The van der Waals surface area contributed by atoms with E-state index < -0.39 is 18.2 Å². The molecule has 1 aliphatic heterocycles. The molecule has 0 saturated carbocycles. The van der Waals surface area contributed by atoms with E-state index in [4.69, 9.17) is 4.74 Å². The number of benzene rings is 1. The normalized spacial score (nSPS) is 18.1. The standard InChI is InChI=1S/C15H18F3NO3/c1-22-12-4-2-11(3-5-12)14(21)19-8-6-10(7-9-19)13(20)15(16,17)18/h2-5,10,13,20H,6-9H2,1H3. The van der Waals surface area contributed by atoms with Gasteiger partial charge in [0.25, 0.3) is 5.91 Å². The Labute approximate surface area is 126 Å². The van der Waals surface area contributed by atoms with Crippen LogP contribution in [0.3, 0.4) is 0 Å². The summed E-state index contributed by atoms with van der Waals surface area (Å²) >= 11 is 0. The largest absolute Gasteiger partial charge is 0.497 e. The van der Waals surface area contributed by atoms with Crippen LogP contribution in [0.5, 0.6) is 5.75 Å². The van der Waals surface area contributed by atoms with Gasteiger partial charge in [-0.3, -0.25) is 4.79 Å². The molecule has 2 rings (SSSR count). The molecule has 4 nitrogen and oxygen atoms in total. The van der Waals surface area contributed by atoms with Gasteiger partial charge >= 0.3 is 6.18 Å². The first-order valence-corrected chi connectivity index (χ1v) is 7.01. The van der Waals surface area contributed by atoms with E-state index in [1.807, 2.05) is 0 Å². The SMILES string of the molecule is COc1ccc(C(=O)N2CCC(C(O)C(F)(F)F)CC2)cc1. The van der Waals surface area contributed by atoms with Gasteiger partial charge in [0, 0.05) is 18.7 Å². The zero-order chi connectivity index (χ0) is 16.3. The number of likely N-dealkylation sites (tertiary alicyclic amines) is 1. The van der Waals surface area contributed by atoms with E-state index in [1.54, 1.807) is 24.3 Å². The fourth-order valence-corrected chi connectivity index (χ4v) is 2.60. The minimum Gasteiger partial charge on any atom is -0.497 e. The van der Waals surface area contributed by atoms with E-state index in [2.05, 4.69) is 0 Å². The van der Waals surface area contributed by atoms with Crippen molar-refractivity contribution < 1.29 is 27.8 Å². The third-order valence-electron chi connectivity index (χ3n) is 3.95. The lowest BCUT2D eigenvalue weighted by Gasteiger charge is -2.34. The van der Waals surface area contributed by atoms with Crippen molar-refractivity contribution in [2.24, 2.45) is 5.92 Å². The number of halogens is 3. The highest BCUT2D eigenvalue weighted by Gasteiger charge is 2.44. The predicted octanol–water partition coefficient (Wildman–Crippen LogP) is 2.47. The Morgan fingerprint density at radius 2 is 1.82 bits per heavy atom. The number of hydrogen-bond acceptors (Lipinski definition) is 3. The number of aliphatic hydroxyl groups excluding tert-OH is 1. The van der Waals surface area contributed by atoms with Gasteiger partial charge in [0.15, 0.2) is 6.10 Å². The highest BCUT2D eigenvalue weighted by molar-refractivity contribution is 5.94. The number of carbonyl (C=O) groups is 1. The number of piperidine rings is 1. The third-order valence-corrected chi connectivity index (χ3v) is 3.95. The van der Waals surface area contributed by atoms with Crippen LogP contribution < -0.4 is 4.74 Å². The summed E-state index contributed by atoms with van der Waals surface area (Å²) in [5, 5.41) is 9.27. The molecule has 7 heteroatoms. The van der Waals surface area contributed by atoms with E-state index >= 15 is 0 Å². The van der Waals surface area contributed by atoms with E-state index in [-0.39, 0.29) is 31.8 Å². The summed E-state index contributed by atoms with van der Waals surface area (Å²) < 4.78 is 42.5. The second kappa shape index (κ2) is 6.56. The lowest BCUT2D eigenvalue weighted by atomic mass is 9.90. The monoisotopic (exact) mass is 317 g/mol. The van der Waals surface area contributed by atoms with Crippen LogP contribution in [0.25, 0.3) is 0 Å². The average Bonchev–Trinajstić information content (AvgIpc) is 2.53. The highest BCUT2D eigenvalue weighted by Crippen LogP contribution is 2.31. The maximum Gasteiger partial charge on any atom is 0.414 e. The molecular weight excluding hydrogens is 299 g/mol. The summed E-state index contributed by atoms with van der Waals surface area (Å²) in [5.74, 6) is -0.439. The zero-order valence-corrected chi connectivity index (χ0v) is 12.1. The number of nitrogens with zero attached hydrogens (tertiary/aromatic N) is 1. The molecule has 0 radical (unpaired) electrons. The van der Waals surface area contributed by atoms with Gasteiger partial charge in [-0.2, -0.15) is 13.2 Å². The van der Waals surface area contributed by atoms with Crippen LogP contribution in [-0.4, -0.2) is 48.4 Å². The fourth-order valence-electron chi connectivity index (χ4n) is 2.60. The molecule has 1 N–H and O–H groups in total. The Balaban J connectivity index is 1.94. The molecule has 1 aromatic rings. The van der Waals surface area contributed by atoms with Crippen LogP contribution in [0.1, 0.15) is 23.2 Å². The molecule has 0 bridgehead atoms. The maximum atomic E-state index is 12.5. The van der Waals surface area contributed by atoms with Crippen LogP contribution in [0, 0.1) is 5.92 Å². The first-order valence-electron chi connectivity index (χ1n) is 7.01. The Hall–Kier alpha value is -1.76. The quantitative estimate of drug-likeness (QED) is 0.932. The van der Waals surface area contributed by atoms with Gasteiger partial charge in [0.2, 0.25) is 0 Å². The second-order valence-electron chi connectivity index (χ2n) is 5.34. The molecule has 1 saturated heterocycles. The van der Waals surface area contributed by atoms with Crippen LogP contribution in [0.2, 0.25) is 0 Å². The van der Waals surface area contributed by atoms with Gasteiger partial charge in [0.1, 0.15) is 5.75 Å². The molecule has 0 aromatic heterocycles. The number of rotatable bonds is 3. The lowest BCUT2D eigenvalue weighted by Crippen LogP contribution is -2.45. The molecule has 1 fully saturated rings. The van der Waals surface area contributed by atoms with Gasteiger partial charge in [-0.1, -0.05) is 0 Å². The number of hydrogen-bond donors (Lipinski definition) is 1. The van der Waals surface area contributed by atoms with Gasteiger partial charge in [-0.05, 0) is 43.0 Å². The summed E-state index contributed by atoms with van der Waals surface area (Å²) in [6.45, 7) is 0.422. The number of carbonyl (C=O) groups excluding carboxylic acids is 1. The Bertz CT molecular complexity index is 508. The van der Waals surface area contributed by atoms with Crippen molar-refractivity contribution in [1.82, 2.24) is 4.90 Å². The number of aliphatic hydroxyl groups is 1.